The molecule has 1 fully saturated rings. The number of aromatic amines is 1. The van der Waals surface area contributed by atoms with E-state index >= 15 is 0 Å². The highest BCUT2D eigenvalue weighted by Crippen LogP contribution is 2.20. The van der Waals surface area contributed by atoms with E-state index in [1.165, 1.54) is 19.3 Å². The molecule has 0 amide bonds. The number of hydrogen-bond acceptors (Lipinski definition) is 3. The summed E-state index contributed by atoms with van der Waals surface area (Å²) in [5, 5.41) is 0. The zero-order valence-electron chi connectivity index (χ0n) is 9.46. The fraction of sp³-hybridized carbons (Fsp3) is 0.667. The van der Waals surface area contributed by atoms with Gasteiger partial charge in [-0.15, -0.1) is 0 Å². The van der Waals surface area contributed by atoms with Crippen LogP contribution in [0.3, 0.4) is 0 Å². The third-order valence-corrected chi connectivity index (χ3v) is 3.58. The van der Waals surface area contributed by atoms with Crippen LogP contribution in [0.15, 0.2) is 4.79 Å². The Morgan fingerprint density at radius 3 is 2.62 bits per heavy atom. The van der Waals surface area contributed by atoms with E-state index in [9.17, 15) is 4.79 Å². The molecule has 16 heavy (non-hydrogen) atoms. The van der Waals surface area contributed by atoms with Gasteiger partial charge in [0.1, 0.15) is 0 Å². The van der Waals surface area contributed by atoms with Crippen molar-refractivity contribution in [3.05, 3.63) is 21.6 Å². The predicted molar refractivity (Wildman–Crippen MR) is 62.9 cm³/mol. The molecule has 1 aliphatic carbocycles. The van der Waals surface area contributed by atoms with Crippen molar-refractivity contribution in [3.63, 3.8) is 0 Å². The van der Waals surface area contributed by atoms with Gasteiger partial charge < -0.3 is 4.90 Å². The zero-order valence-corrected chi connectivity index (χ0v) is 9.46. The van der Waals surface area contributed by atoms with E-state index in [2.05, 4.69) is 14.9 Å². The molecule has 4 heteroatoms. The van der Waals surface area contributed by atoms with E-state index in [1.807, 2.05) is 0 Å². The minimum Gasteiger partial charge on any atom is -0.342 e. The Morgan fingerprint density at radius 1 is 1.06 bits per heavy atom. The van der Waals surface area contributed by atoms with Gasteiger partial charge in [0.15, 0.2) is 0 Å². The molecule has 3 rings (SSSR count). The van der Waals surface area contributed by atoms with Crippen molar-refractivity contribution < 1.29 is 0 Å². The lowest BCUT2D eigenvalue weighted by molar-refractivity contribution is 0.653. The molecule has 0 unspecified atom stereocenters. The van der Waals surface area contributed by atoms with Crippen molar-refractivity contribution in [2.45, 2.75) is 38.5 Å². The number of fused-ring (bicyclic) bond motifs is 1. The van der Waals surface area contributed by atoms with Gasteiger partial charge in [0.05, 0.1) is 5.69 Å². The largest absolute Gasteiger partial charge is 0.342 e. The maximum Gasteiger partial charge on any atom is 0.255 e. The Hall–Kier alpha value is -1.32. The van der Waals surface area contributed by atoms with Crippen LogP contribution in [-0.4, -0.2) is 23.1 Å². The Morgan fingerprint density at radius 2 is 1.81 bits per heavy atom. The first-order valence-electron chi connectivity index (χ1n) is 6.21. The van der Waals surface area contributed by atoms with Crippen molar-refractivity contribution in [2.24, 2.45) is 0 Å². The second kappa shape index (κ2) is 3.92. The van der Waals surface area contributed by atoms with E-state index in [4.69, 9.17) is 0 Å². The summed E-state index contributed by atoms with van der Waals surface area (Å²) in [7, 11) is 0. The molecular weight excluding hydrogens is 202 g/mol. The molecule has 2 aliphatic rings. The summed E-state index contributed by atoms with van der Waals surface area (Å²) in [6, 6.07) is 0. The second-order valence-corrected chi connectivity index (χ2v) is 4.72. The first-order chi connectivity index (χ1) is 7.84. The van der Waals surface area contributed by atoms with Crippen molar-refractivity contribution in [2.75, 3.05) is 18.0 Å². The Kier molecular flexibility index (Phi) is 2.42. The minimum atomic E-state index is 0.0894. The second-order valence-electron chi connectivity index (χ2n) is 4.72. The van der Waals surface area contributed by atoms with Crippen LogP contribution in [0.1, 0.15) is 36.9 Å². The molecule has 0 bridgehead atoms. The van der Waals surface area contributed by atoms with Crippen LogP contribution in [0, 0.1) is 0 Å². The number of nitrogens with one attached hydrogen (secondary N) is 1. The third-order valence-electron chi connectivity index (χ3n) is 3.58. The minimum absolute atomic E-state index is 0.0894. The van der Waals surface area contributed by atoms with Crippen LogP contribution in [0.5, 0.6) is 0 Å². The van der Waals surface area contributed by atoms with Gasteiger partial charge in [-0.05, 0) is 38.5 Å². The molecule has 0 saturated carbocycles. The standard InChI is InChI=1S/C12H17N3O/c16-11-9-5-1-2-6-10(9)13-12(14-11)15-7-3-4-8-15/h1-8H2,(H,13,14,16). The van der Waals surface area contributed by atoms with E-state index in [-0.39, 0.29) is 5.56 Å². The quantitative estimate of drug-likeness (QED) is 0.773. The van der Waals surface area contributed by atoms with Gasteiger partial charge in [-0.3, -0.25) is 9.78 Å². The highest BCUT2D eigenvalue weighted by molar-refractivity contribution is 5.35. The molecule has 0 atom stereocenters. The third kappa shape index (κ3) is 1.62. The first kappa shape index (κ1) is 9.87. The highest BCUT2D eigenvalue weighted by Gasteiger charge is 2.19. The number of rotatable bonds is 1. The van der Waals surface area contributed by atoms with Crippen LogP contribution >= 0.6 is 0 Å². The highest BCUT2D eigenvalue weighted by atomic mass is 16.1. The first-order valence-corrected chi connectivity index (χ1v) is 6.21. The van der Waals surface area contributed by atoms with Crippen LogP contribution in [-0.2, 0) is 12.8 Å². The molecule has 1 aromatic heterocycles. The molecule has 1 aliphatic heterocycles. The average molecular weight is 219 g/mol. The van der Waals surface area contributed by atoms with E-state index in [0.29, 0.717) is 0 Å². The van der Waals surface area contributed by atoms with Gasteiger partial charge in [-0.1, -0.05) is 0 Å². The Labute approximate surface area is 94.7 Å². The summed E-state index contributed by atoms with van der Waals surface area (Å²) in [6.07, 6.45) is 6.59. The van der Waals surface area contributed by atoms with Crippen molar-refractivity contribution in [1.82, 2.24) is 9.97 Å². The fourth-order valence-corrected chi connectivity index (χ4v) is 2.67. The van der Waals surface area contributed by atoms with Crippen molar-refractivity contribution in [1.29, 1.82) is 0 Å². The molecule has 0 spiro atoms. The van der Waals surface area contributed by atoms with E-state index in [1.54, 1.807) is 0 Å². The molecule has 0 aromatic carbocycles. The molecular formula is C12H17N3O. The molecule has 0 radical (unpaired) electrons. The summed E-state index contributed by atoms with van der Waals surface area (Å²) in [4.78, 5) is 21.7. The van der Waals surface area contributed by atoms with Crippen LogP contribution in [0.4, 0.5) is 5.95 Å². The zero-order chi connectivity index (χ0) is 11.0. The summed E-state index contributed by atoms with van der Waals surface area (Å²) in [6.45, 7) is 2.06. The predicted octanol–water partition coefficient (Wildman–Crippen LogP) is 1.25. The molecule has 1 saturated heterocycles. The van der Waals surface area contributed by atoms with Gasteiger partial charge in [-0.25, -0.2) is 4.98 Å². The molecule has 1 N–H and O–H groups in total. The van der Waals surface area contributed by atoms with Crippen LogP contribution in [0.2, 0.25) is 0 Å². The fourth-order valence-electron chi connectivity index (χ4n) is 2.67. The molecule has 86 valence electrons. The average Bonchev–Trinajstić information content (AvgIpc) is 2.82. The number of nitrogens with zero attached hydrogens (tertiary/aromatic N) is 2. The normalized spacial score (nSPS) is 19.9. The molecule has 4 nitrogen and oxygen atoms in total. The number of hydrogen-bond donors (Lipinski definition) is 1. The topological polar surface area (TPSA) is 49.0 Å². The van der Waals surface area contributed by atoms with Crippen LogP contribution < -0.4 is 10.5 Å². The van der Waals surface area contributed by atoms with Crippen LogP contribution in [0.25, 0.3) is 0 Å². The molecule has 2 heterocycles. The molecule has 1 aromatic rings. The smallest absolute Gasteiger partial charge is 0.255 e. The summed E-state index contributed by atoms with van der Waals surface area (Å²) in [5.74, 6) is 0.795. The van der Waals surface area contributed by atoms with Gasteiger partial charge in [0.25, 0.3) is 5.56 Å². The Balaban J connectivity index is 2.01. The summed E-state index contributed by atoms with van der Waals surface area (Å²) >= 11 is 0. The Bertz CT molecular complexity index is 446. The lowest BCUT2D eigenvalue weighted by atomic mass is 9.97. The van der Waals surface area contributed by atoms with E-state index < -0.39 is 0 Å². The summed E-state index contributed by atoms with van der Waals surface area (Å²) < 4.78 is 0. The lowest BCUT2D eigenvalue weighted by Crippen LogP contribution is -2.28. The van der Waals surface area contributed by atoms with Gasteiger partial charge >= 0.3 is 0 Å². The summed E-state index contributed by atoms with van der Waals surface area (Å²) in [5.41, 5.74) is 2.05. The number of aromatic nitrogens is 2. The number of anilines is 1. The lowest BCUT2D eigenvalue weighted by Gasteiger charge is -2.19. The van der Waals surface area contributed by atoms with Gasteiger partial charge in [-0.2, -0.15) is 0 Å². The van der Waals surface area contributed by atoms with Crippen molar-refractivity contribution in [3.8, 4) is 0 Å². The maximum atomic E-state index is 11.9. The number of H-pyrrole nitrogens is 1. The van der Waals surface area contributed by atoms with E-state index in [0.717, 1.165) is 49.6 Å². The maximum absolute atomic E-state index is 11.9. The SMILES string of the molecule is O=c1[nH]c(N2CCCC2)nc2c1CCCC2. The number of aryl methyl sites for hydroxylation is 1. The monoisotopic (exact) mass is 219 g/mol. The van der Waals surface area contributed by atoms with Crippen molar-refractivity contribution >= 4 is 5.95 Å². The van der Waals surface area contributed by atoms with Gasteiger partial charge in [0.2, 0.25) is 5.95 Å². The van der Waals surface area contributed by atoms with Gasteiger partial charge in [0, 0.05) is 18.7 Å².